The molecule has 0 saturated carbocycles. The Kier molecular flexibility index (Phi) is 4.38. The molecule has 0 radical (unpaired) electrons. The van der Waals surface area contributed by atoms with E-state index in [-0.39, 0.29) is 17.4 Å². The van der Waals surface area contributed by atoms with Crippen molar-refractivity contribution in [2.45, 2.75) is 20.4 Å². The van der Waals surface area contributed by atoms with Gasteiger partial charge in [-0.1, -0.05) is 5.16 Å². The summed E-state index contributed by atoms with van der Waals surface area (Å²) in [6.07, 6.45) is 1.73. The summed E-state index contributed by atoms with van der Waals surface area (Å²) in [5, 5.41) is 11.6. The molecule has 0 spiro atoms. The number of aryl methyl sites for hydroxylation is 2. The first-order chi connectivity index (χ1) is 13.4. The molecule has 1 N–H and O–H groups in total. The normalized spacial score (nSPS) is 11.1. The number of amides is 1. The van der Waals surface area contributed by atoms with Gasteiger partial charge in [-0.15, -0.1) is 0 Å². The smallest absolute Gasteiger partial charge is 0.259 e. The maximum atomic E-state index is 13.2. The molecule has 3 aromatic heterocycles. The Morgan fingerprint density at radius 2 is 2.00 bits per heavy atom. The largest absolute Gasteiger partial charge is 0.348 e. The Hall–Kier alpha value is -3.55. The fourth-order valence-corrected chi connectivity index (χ4v) is 3.03. The van der Waals surface area contributed by atoms with Gasteiger partial charge in [0, 0.05) is 30.4 Å². The van der Waals surface area contributed by atoms with E-state index in [1.165, 1.54) is 12.1 Å². The third-order valence-corrected chi connectivity index (χ3v) is 4.78. The van der Waals surface area contributed by atoms with E-state index in [0.29, 0.717) is 34.4 Å². The molecule has 142 valence electrons. The number of nitrogens with zero attached hydrogens (tertiary/aromatic N) is 4. The molecule has 1 aromatic carbocycles. The maximum absolute atomic E-state index is 13.2. The molecule has 0 aliphatic carbocycles. The van der Waals surface area contributed by atoms with Gasteiger partial charge in [0.2, 0.25) is 0 Å². The molecular weight excluding hydrogens is 361 g/mol. The average molecular weight is 379 g/mol. The number of nitrogens with one attached hydrogen (secondary N) is 1. The summed E-state index contributed by atoms with van der Waals surface area (Å²) in [6, 6.07) is 7.57. The third kappa shape index (κ3) is 3.13. The molecule has 3 heterocycles. The Balaban J connectivity index is 1.71. The van der Waals surface area contributed by atoms with Crippen LogP contribution in [-0.4, -0.2) is 25.8 Å². The first-order valence-corrected chi connectivity index (χ1v) is 8.72. The highest BCUT2D eigenvalue weighted by Gasteiger charge is 2.19. The van der Waals surface area contributed by atoms with Crippen LogP contribution < -0.4 is 5.32 Å². The number of carbonyl (C=O) groups excluding carboxylic acids is 1. The van der Waals surface area contributed by atoms with Crippen LogP contribution in [0.4, 0.5) is 4.39 Å². The lowest BCUT2D eigenvalue weighted by molar-refractivity contribution is 0.0952. The molecular formula is C20H18FN5O2. The zero-order valence-corrected chi connectivity index (χ0v) is 15.7. The molecule has 7 nitrogen and oxygen atoms in total. The molecule has 4 rings (SSSR count). The molecule has 4 aromatic rings. The van der Waals surface area contributed by atoms with Crippen LogP contribution in [0.5, 0.6) is 0 Å². The predicted octanol–water partition coefficient (Wildman–Crippen LogP) is 3.31. The minimum Gasteiger partial charge on any atom is -0.348 e. The number of benzene rings is 1. The van der Waals surface area contributed by atoms with Gasteiger partial charge < -0.3 is 9.84 Å². The van der Waals surface area contributed by atoms with Gasteiger partial charge in [0.25, 0.3) is 11.6 Å². The van der Waals surface area contributed by atoms with Crippen LogP contribution >= 0.6 is 0 Å². The monoisotopic (exact) mass is 379 g/mol. The highest BCUT2D eigenvalue weighted by Crippen LogP contribution is 2.27. The SMILES string of the molecule is Cc1noc2nc(-c3ccc(F)cc3)cc(C(=O)NCc3cnn(C)c3C)c12. The van der Waals surface area contributed by atoms with E-state index < -0.39 is 0 Å². The van der Waals surface area contributed by atoms with Gasteiger partial charge in [-0.2, -0.15) is 5.10 Å². The molecule has 0 fully saturated rings. The summed E-state index contributed by atoms with van der Waals surface area (Å²) in [6.45, 7) is 4.04. The quantitative estimate of drug-likeness (QED) is 0.588. The number of rotatable bonds is 4. The lowest BCUT2D eigenvalue weighted by Crippen LogP contribution is -2.23. The number of hydrogen-bond donors (Lipinski definition) is 1. The molecule has 28 heavy (non-hydrogen) atoms. The zero-order valence-electron chi connectivity index (χ0n) is 15.7. The first-order valence-electron chi connectivity index (χ1n) is 8.72. The van der Waals surface area contributed by atoms with Crippen molar-refractivity contribution in [1.29, 1.82) is 0 Å². The summed E-state index contributed by atoms with van der Waals surface area (Å²) in [5.74, 6) is -0.615. The third-order valence-electron chi connectivity index (χ3n) is 4.78. The van der Waals surface area contributed by atoms with Gasteiger partial charge in [0.05, 0.1) is 28.5 Å². The van der Waals surface area contributed by atoms with Crippen LogP contribution in [0, 0.1) is 19.7 Å². The minimum atomic E-state index is -0.342. The van der Waals surface area contributed by atoms with E-state index in [2.05, 4.69) is 20.6 Å². The Bertz CT molecular complexity index is 1180. The fraction of sp³-hybridized carbons (Fsp3) is 0.200. The lowest BCUT2D eigenvalue weighted by atomic mass is 10.0. The van der Waals surface area contributed by atoms with Crippen LogP contribution in [-0.2, 0) is 13.6 Å². The highest BCUT2D eigenvalue weighted by atomic mass is 19.1. The summed E-state index contributed by atoms with van der Waals surface area (Å²) >= 11 is 0. The van der Waals surface area contributed by atoms with Crippen molar-refractivity contribution in [3.8, 4) is 11.3 Å². The van der Waals surface area contributed by atoms with Crippen LogP contribution in [0.3, 0.4) is 0 Å². The van der Waals surface area contributed by atoms with Gasteiger partial charge in [0.15, 0.2) is 0 Å². The molecule has 8 heteroatoms. The van der Waals surface area contributed by atoms with Crippen molar-refractivity contribution >= 4 is 17.0 Å². The summed E-state index contributed by atoms with van der Waals surface area (Å²) < 4.78 is 20.3. The molecule has 0 aliphatic heterocycles. The molecule has 1 amide bonds. The van der Waals surface area contributed by atoms with Crippen LogP contribution in [0.2, 0.25) is 0 Å². The van der Waals surface area contributed by atoms with Crippen molar-refractivity contribution in [2.75, 3.05) is 0 Å². The van der Waals surface area contributed by atoms with E-state index in [0.717, 1.165) is 11.3 Å². The van der Waals surface area contributed by atoms with Gasteiger partial charge in [-0.05, 0) is 44.2 Å². The average Bonchev–Trinajstić information content (AvgIpc) is 3.22. The van der Waals surface area contributed by atoms with Gasteiger partial charge in [-0.3, -0.25) is 9.48 Å². The Morgan fingerprint density at radius 1 is 1.25 bits per heavy atom. The summed E-state index contributed by atoms with van der Waals surface area (Å²) in [5.41, 5.74) is 4.35. The van der Waals surface area contributed by atoms with Crippen molar-refractivity contribution < 1.29 is 13.7 Å². The van der Waals surface area contributed by atoms with Crippen molar-refractivity contribution in [3.05, 3.63) is 64.9 Å². The van der Waals surface area contributed by atoms with E-state index in [1.807, 2.05) is 14.0 Å². The first kappa shape index (κ1) is 17.8. The number of hydrogen-bond acceptors (Lipinski definition) is 5. The maximum Gasteiger partial charge on any atom is 0.259 e. The predicted molar refractivity (Wildman–Crippen MR) is 101 cm³/mol. The summed E-state index contributed by atoms with van der Waals surface area (Å²) in [4.78, 5) is 17.4. The molecule has 0 saturated heterocycles. The van der Waals surface area contributed by atoms with Gasteiger partial charge in [-0.25, -0.2) is 9.37 Å². The topological polar surface area (TPSA) is 85.8 Å². The molecule has 0 atom stereocenters. The van der Waals surface area contributed by atoms with E-state index in [9.17, 15) is 9.18 Å². The zero-order chi connectivity index (χ0) is 19.8. The van der Waals surface area contributed by atoms with Gasteiger partial charge in [0.1, 0.15) is 5.82 Å². The standard InChI is InChI=1S/C20H18FN5O2/c1-11-18-16(19(27)22-9-14-10-23-26(3)12(14)2)8-17(24-20(18)28-25-11)13-4-6-15(21)7-5-13/h4-8,10H,9H2,1-3H3,(H,22,27). The Morgan fingerprint density at radius 3 is 2.68 bits per heavy atom. The number of pyridine rings is 1. The minimum absolute atomic E-state index is 0.266. The second kappa shape index (κ2) is 6.88. The number of carbonyl (C=O) groups is 1. The van der Waals surface area contributed by atoms with Crippen LogP contribution in [0.15, 0.2) is 41.1 Å². The molecule has 0 unspecified atom stereocenters. The molecule has 0 aliphatic rings. The fourth-order valence-electron chi connectivity index (χ4n) is 3.03. The second-order valence-electron chi connectivity index (χ2n) is 6.57. The molecule has 0 bridgehead atoms. The highest BCUT2D eigenvalue weighted by molar-refractivity contribution is 6.06. The van der Waals surface area contributed by atoms with Crippen molar-refractivity contribution in [2.24, 2.45) is 7.05 Å². The van der Waals surface area contributed by atoms with Crippen molar-refractivity contribution in [1.82, 2.24) is 25.2 Å². The van der Waals surface area contributed by atoms with E-state index in [4.69, 9.17) is 4.52 Å². The van der Waals surface area contributed by atoms with Crippen LogP contribution in [0.25, 0.3) is 22.4 Å². The number of aromatic nitrogens is 4. The van der Waals surface area contributed by atoms with Gasteiger partial charge >= 0.3 is 0 Å². The Labute approximate surface area is 160 Å². The lowest BCUT2D eigenvalue weighted by Gasteiger charge is -2.08. The number of fused-ring (bicyclic) bond motifs is 1. The summed E-state index contributed by atoms with van der Waals surface area (Å²) in [7, 11) is 1.85. The van der Waals surface area contributed by atoms with E-state index >= 15 is 0 Å². The van der Waals surface area contributed by atoms with E-state index in [1.54, 1.807) is 36.0 Å². The second-order valence-corrected chi connectivity index (χ2v) is 6.57. The van der Waals surface area contributed by atoms with Crippen molar-refractivity contribution in [3.63, 3.8) is 0 Å². The van der Waals surface area contributed by atoms with Crippen LogP contribution in [0.1, 0.15) is 27.3 Å². The number of halogens is 1.